The zero-order chi connectivity index (χ0) is 11.8. The molecule has 16 heavy (non-hydrogen) atoms. The van der Waals surface area contributed by atoms with Gasteiger partial charge in [-0.1, -0.05) is 19.0 Å². The second-order valence-corrected chi connectivity index (χ2v) is 3.87. The van der Waals surface area contributed by atoms with Crippen molar-refractivity contribution in [1.82, 2.24) is 10.5 Å². The molecule has 0 unspecified atom stereocenters. The van der Waals surface area contributed by atoms with Crippen molar-refractivity contribution in [2.45, 2.75) is 33.0 Å². The van der Waals surface area contributed by atoms with Gasteiger partial charge >= 0.3 is 0 Å². The largest absolute Gasteiger partial charge is 0.382 e. The summed E-state index contributed by atoms with van der Waals surface area (Å²) >= 11 is 0. The van der Waals surface area contributed by atoms with E-state index < -0.39 is 0 Å². The number of ether oxygens (including phenoxy) is 2. The molecule has 1 N–H and O–H groups in total. The molecule has 0 amide bonds. The first-order valence-corrected chi connectivity index (χ1v) is 5.47. The lowest BCUT2D eigenvalue weighted by Gasteiger charge is -2.03. The molecule has 0 atom stereocenters. The SMILES string of the molecule is COCCOCc1cc(CNC(C)C)no1. The highest BCUT2D eigenvalue weighted by Crippen LogP contribution is 2.05. The van der Waals surface area contributed by atoms with Crippen molar-refractivity contribution < 1.29 is 14.0 Å². The summed E-state index contributed by atoms with van der Waals surface area (Å²) in [5.74, 6) is 0.747. The predicted octanol–water partition coefficient (Wildman–Crippen LogP) is 1.34. The second-order valence-electron chi connectivity index (χ2n) is 3.87. The van der Waals surface area contributed by atoms with Gasteiger partial charge in [-0.15, -0.1) is 0 Å². The number of hydrogen-bond acceptors (Lipinski definition) is 5. The maximum absolute atomic E-state index is 5.32. The maximum Gasteiger partial charge on any atom is 0.162 e. The smallest absolute Gasteiger partial charge is 0.162 e. The Bertz CT molecular complexity index is 287. The molecule has 92 valence electrons. The first-order chi connectivity index (χ1) is 7.72. The Morgan fingerprint density at radius 2 is 2.25 bits per heavy atom. The van der Waals surface area contributed by atoms with Gasteiger partial charge in [-0.25, -0.2) is 0 Å². The fraction of sp³-hybridized carbons (Fsp3) is 0.727. The van der Waals surface area contributed by atoms with Crippen LogP contribution >= 0.6 is 0 Å². The highest BCUT2D eigenvalue weighted by molar-refractivity contribution is 5.04. The Kier molecular flexibility index (Phi) is 6.07. The van der Waals surface area contributed by atoms with Crippen molar-refractivity contribution in [2.75, 3.05) is 20.3 Å². The highest BCUT2D eigenvalue weighted by Gasteiger charge is 2.04. The quantitative estimate of drug-likeness (QED) is 0.680. The lowest BCUT2D eigenvalue weighted by molar-refractivity contribution is 0.0514. The number of rotatable bonds is 8. The van der Waals surface area contributed by atoms with Crippen LogP contribution < -0.4 is 5.32 Å². The molecule has 1 aromatic rings. The molecule has 0 aliphatic rings. The zero-order valence-corrected chi connectivity index (χ0v) is 10.2. The van der Waals surface area contributed by atoms with E-state index in [-0.39, 0.29) is 0 Å². The van der Waals surface area contributed by atoms with Gasteiger partial charge in [0.15, 0.2) is 5.76 Å². The topological polar surface area (TPSA) is 56.5 Å². The lowest BCUT2D eigenvalue weighted by Crippen LogP contribution is -2.21. The molecule has 0 fully saturated rings. The van der Waals surface area contributed by atoms with Gasteiger partial charge in [-0.2, -0.15) is 0 Å². The molecule has 1 rings (SSSR count). The molecule has 5 nitrogen and oxygen atoms in total. The van der Waals surface area contributed by atoms with Crippen molar-refractivity contribution in [3.63, 3.8) is 0 Å². The monoisotopic (exact) mass is 228 g/mol. The van der Waals surface area contributed by atoms with Gasteiger partial charge in [0, 0.05) is 25.8 Å². The predicted molar refractivity (Wildman–Crippen MR) is 60.0 cm³/mol. The normalized spacial score (nSPS) is 11.2. The number of methoxy groups -OCH3 is 1. The van der Waals surface area contributed by atoms with E-state index in [1.54, 1.807) is 7.11 Å². The van der Waals surface area contributed by atoms with E-state index in [2.05, 4.69) is 24.3 Å². The molecular weight excluding hydrogens is 208 g/mol. The summed E-state index contributed by atoms with van der Waals surface area (Å²) in [7, 11) is 1.65. The van der Waals surface area contributed by atoms with Crippen LogP contribution in [0.5, 0.6) is 0 Å². The van der Waals surface area contributed by atoms with Crippen LogP contribution in [0.2, 0.25) is 0 Å². The van der Waals surface area contributed by atoms with E-state index in [0.717, 1.165) is 18.0 Å². The zero-order valence-electron chi connectivity index (χ0n) is 10.2. The summed E-state index contributed by atoms with van der Waals surface area (Å²) in [4.78, 5) is 0. The number of hydrogen-bond donors (Lipinski definition) is 1. The van der Waals surface area contributed by atoms with Crippen molar-refractivity contribution >= 4 is 0 Å². The third-order valence-electron chi connectivity index (χ3n) is 1.98. The molecule has 1 heterocycles. The summed E-state index contributed by atoms with van der Waals surface area (Å²) < 4.78 is 15.3. The Morgan fingerprint density at radius 3 is 2.94 bits per heavy atom. The van der Waals surface area contributed by atoms with E-state index in [4.69, 9.17) is 14.0 Å². The van der Waals surface area contributed by atoms with E-state index in [0.29, 0.717) is 25.9 Å². The molecule has 1 aromatic heterocycles. The van der Waals surface area contributed by atoms with Crippen molar-refractivity contribution in [3.8, 4) is 0 Å². The van der Waals surface area contributed by atoms with Crippen molar-refractivity contribution in [2.24, 2.45) is 0 Å². The van der Waals surface area contributed by atoms with Crippen LogP contribution in [0.25, 0.3) is 0 Å². The third kappa shape index (κ3) is 5.25. The van der Waals surface area contributed by atoms with Crippen LogP contribution in [0, 0.1) is 0 Å². The third-order valence-corrected chi connectivity index (χ3v) is 1.98. The Hall–Kier alpha value is -0.910. The van der Waals surface area contributed by atoms with Gasteiger partial charge < -0.3 is 19.3 Å². The summed E-state index contributed by atoms with van der Waals surface area (Å²) in [5.41, 5.74) is 0.902. The van der Waals surface area contributed by atoms with Gasteiger partial charge in [0.1, 0.15) is 6.61 Å². The highest BCUT2D eigenvalue weighted by atomic mass is 16.5. The van der Waals surface area contributed by atoms with Crippen LogP contribution in [-0.2, 0) is 22.6 Å². The molecule has 0 spiro atoms. The summed E-state index contributed by atoms with van der Waals surface area (Å²) in [6.45, 7) is 6.51. The minimum Gasteiger partial charge on any atom is -0.382 e. The second kappa shape index (κ2) is 7.38. The molecule has 0 radical (unpaired) electrons. The van der Waals surface area contributed by atoms with Crippen molar-refractivity contribution in [3.05, 3.63) is 17.5 Å². The number of aromatic nitrogens is 1. The van der Waals surface area contributed by atoms with Crippen LogP contribution in [0.3, 0.4) is 0 Å². The van der Waals surface area contributed by atoms with E-state index in [1.807, 2.05) is 6.07 Å². The number of nitrogens with zero attached hydrogens (tertiary/aromatic N) is 1. The van der Waals surface area contributed by atoms with Crippen LogP contribution in [-0.4, -0.2) is 31.5 Å². The van der Waals surface area contributed by atoms with E-state index >= 15 is 0 Å². The summed E-state index contributed by atoms with van der Waals surface area (Å²) in [6, 6.07) is 2.35. The first-order valence-electron chi connectivity index (χ1n) is 5.47. The minimum atomic E-state index is 0.442. The Morgan fingerprint density at radius 1 is 1.44 bits per heavy atom. The minimum absolute atomic E-state index is 0.442. The maximum atomic E-state index is 5.32. The van der Waals surface area contributed by atoms with Crippen LogP contribution in [0.4, 0.5) is 0 Å². The van der Waals surface area contributed by atoms with Gasteiger partial charge in [-0.3, -0.25) is 0 Å². The van der Waals surface area contributed by atoms with Crippen LogP contribution in [0.1, 0.15) is 25.3 Å². The molecule has 5 heteroatoms. The molecule has 0 aromatic carbocycles. The Balaban J connectivity index is 2.22. The molecule has 0 bridgehead atoms. The summed E-state index contributed by atoms with van der Waals surface area (Å²) in [6.07, 6.45) is 0. The molecular formula is C11H20N2O3. The fourth-order valence-electron chi connectivity index (χ4n) is 1.13. The average Bonchev–Trinajstić information content (AvgIpc) is 2.70. The Labute approximate surface area is 96.1 Å². The van der Waals surface area contributed by atoms with E-state index in [9.17, 15) is 0 Å². The molecule has 0 saturated heterocycles. The lowest BCUT2D eigenvalue weighted by atomic mass is 10.3. The van der Waals surface area contributed by atoms with Crippen molar-refractivity contribution in [1.29, 1.82) is 0 Å². The summed E-state index contributed by atoms with van der Waals surface area (Å²) in [5, 5.41) is 7.21. The number of nitrogens with one attached hydrogen (secondary N) is 1. The first kappa shape index (κ1) is 13.2. The van der Waals surface area contributed by atoms with Gasteiger partial charge in [0.05, 0.1) is 18.9 Å². The van der Waals surface area contributed by atoms with E-state index in [1.165, 1.54) is 0 Å². The average molecular weight is 228 g/mol. The standard InChI is InChI=1S/C11H20N2O3/c1-9(2)12-7-10-6-11(16-13-10)8-15-5-4-14-3/h6,9,12H,4-5,7-8H2,1-3H3. The van der Waals surface area contributed by atoms with Gasteiger partial charge in [-0.05, 0) is 0 Å². The van der Waals surface area contributed by atoms with Crippen LogP contribution in [0.15, 0.2) is 10.6 Å². The fourth-order valence-corrected chi connectivity index (χ4v) is 1.13. The molecule has 0 aliphatic heterocycles. The van der Waals surface area contributed by atoms with Gasteiger partial charge in [0.2, 0.25) is 0 Å². The van der Waals surface area contributed by atoms with Gasteiger partial charge in [0.25, 0.3) is 0 Å². The molecule has 0 saturated carbocycles. The molecule has 0 aliphatic carbocycles.